The summed E-state index contributed by atoms with van der Waals surface area (Å²) in [6, 6.07) is 7.43. The van der Waals surface area contributed by atoms with Crippen LogP contribution in [-0.4, -0.2) is 62.3 Å². The van der Waals surface area contributed by atoms with E-state index in [1.54, 1.807) is 14.0 Å². The lowest BCUT2D eigenvalue weighted by molar-refractivity contribution is -0.121. The number of thiophene rings is 1. The summed E-state index contributed by atoms with van der Waals surface area (Å²) in [5, 5.41) is 5.27. The monoisotopic (exact) mass is 432 g/mol. The lowest BCUT2D eigenvalue weighted by Crippen LogP contribution is -2.48. The third-order valence-electron chi connectivity index (χ3n) is 4.79. The van der Waals surface area contributed by atoms with Gasteiger partial charge in [0.2, 0.25) is 5.91 Å². The van der Waals surface area contributed by atoms with Crippen molar-refractivity contribution in [3.8, 4) is 16.9 Å². The summed E-state index contributed by atoms with van der Waals surface area (Å²) in [6.45, 7) is 7.66. The molecule has 1 amide bonds. The molecule has 0 spiro atoms. The van der Waals surface area contributed by atoms with Gasteiger partial charge in [0, 0.05) is 24.0 Å². The molecule has 0 bridgehead atoms. The van der Waals surface area contributed by atoms with E-state index >= 15 is 0 Å². The zero-order valence-corrected chi connectivity index (χ0v) is 18.6. The van der Waals surface area contributed by atoms with Crippen molar-refractivity contribution in [2.45, 2.75) is 33.0 Å². The number of carbonyl (C=O) groups excluding carboxylic acids is 2. The number of anilines is 1. The Balaban J connectivity index is 1.80. The van der Waals surface area contributed by atoms with Crippen LogP contribution in [-0.2, 0) is 14.3 Å². The molecular formula is C22H28N2O5S. The van der Waals surface area contributed by atoms with E-state index in [0.29, 0.717) is 23.7 Å². The van der Waals surface area contributed by atoms with E-state index in [4.69, 9.17) is 14.2 Å². The minimum atomic E-state index is -0.450. The predicted octanol–water partition coefficient (Wildman–Crippen LogP) is 3.65. The van der Waals surface area contributed by atoms with E-state index in [0.717, 1.165) is 16.9 Å². The van der Waals surface area contributed by atoms with Crippen LogP contribution in [0.2, 0.25) is 0 Å². The molecule has 1 fully saturated rings. The first-order valence-corrected chi connectivity index (χ1v) is 10.9. The topological polar surface area (TPSA) is 77.1 Å². The number of benzene rings is 1. The fourth-order valence-corrected chi connectivity index (χ4v) is 4.60. The molecule has 7 nitrogen and oxygen atoms in total. The van der Waals surface area contributed by atoms with Crippen LogP contribution in [0.4, 0.5) is 5.00 Å². The van der Waals surface area contributed by atoms with Gasteiger partial charge in [-0.3, -0.25) is 9.69 Å². The number of carbonyl (C=O) groups is 2. The van der Waals surface area contributed by atoms with Gasteiger partial charge in [0.1, 0.15) is 16.3 Å². The Kier molecular flexibility index (Phi) is 7.47. The molecule has 3 rings (SSSR count). The van der Waals surface area contributed by atoms with Gasteiger partial charge in [-0.05, 0) is 38.5 Å². The second-order valence-electron chi connectivity index (χ2n) is 7.30. The fraction of sp³-hybridized carbons (Fsp3) is 0.455. The first-order chi connectivity index (χ1) is 14.4. The maximum atomic E-state index is 12.7. The van der Waals surface area contributed by atoms with Gasteiger partial charge in [0.15, 0.2) is 0 Å². The Hall–Kier alpha value is -2.42. The van der Waals surface area contributed by atoms with E-state index in [2.05, 4.69) is 10.2 Å². The Bertz CT molecular complexity index is 870. The molecule has 2 heterocycles. The van der Waals surface area contributed by atoms with Crippen LogP contribution in [0, 0.1) is 0 Å². The number of methoxy groups -OCH3 is 1. The lowest BCUT2D eigenvalue weighted by Gasteiger charge is -2.34. The minimum Gasteiger partial charge on any atom is -0.497 e. The Morgan fingerprint density at radius 1 is 1.20 bits per heavy atom. The van der Waals surface area contributed by atoms with Crippen LogP contribution in [0.3, 0.4) is 0 Å². The minimum absolute atomic E-state index is 0.0834. The van der Waals surface area contributed by atoms with Gasteiger partial charge < -0.3 is 19.5 Å². The van der Waals surface area contributed by atoms with Gasteiger partial charge in [-0.2, -0.15) is 0 Å². The smallest absolute Gasteiger partial charge is 0.341 e. The summed E-state index contributed by atoms with van der Waals surface area (Å²) in [4.78, 5) is 27.4. The first-order valence-electron chi connectivity index (χ1n) is 10.0. The zero-order valence-electron chi connectivity index (χ0n) is 17.8. The molecule has 1 aromatic heterocycles. The molecule has 8 heteroatoms. The highest BCUT2D eigenvalue weighted by Crippen LogP contribution is 2.37. The van der Waals surface area contributed by atoms with Gasteiger partial charge in [0.25, 0.3) is 0 Å². The maximum absolute atomic E-state index is 12.7. The summed E-state index contributed by atoms with van der Waals surface area (Å²) in [5.74, 6) is 0.118. The fourth-order valence-electron chi connectivity index (χ4n) is 3.62. The quantitative estimate of drug-likeness (QED) is 0.673. The van der Waals surface area contributed by atoms with Crippen molar-refractivity contribution in [2.24, 2.45) is 0 Å². The van der Waals surface area contributed by atoms with Crippen molar-refractivity contribution in [1.82, 2.24) is 4.90 Å². The van der Waals surface area contributed by atoms with E-state index in [1.165, 1.54) is 11.3 Å². The molecule has 1 aromatic carbocycles. The molecule has 0 saturated carbocycles. The molecular weight excluding hydrogens is 404 g/mol. The molecule has 1 saturated heterocycles. The summed E-state index contributed by atoms with van der Waals surface area (Å²) in [5.41, 5.74) is 1.96. The highest BCUT2D eigenvalue weighted by molar-refractivity contribution is 7.15. The normalized spacial score (nSPS) is 19.3. The van der Waals surface area contributed by atoms with Gasteiger partial charge in [-0.25, -0.2) is 4.79 Å². The van der Waals surface area contributed by atoms with Crippen LogP contribution in [0.25, 0.3) is 11.1 Å². The zero-order chi connectivity index (χ0) is 21.7. The van der Waals surface area contributed by atoms with Gasteiger partial charge >= 0.3 is 5.97 Å². The molecule has 1 aliphatic rings. The number of morpholine rings is 1. The summed E-state index contributed by atoms with van der Waals surface area (Å²) >= 11 is 1.32. The van der Waals surface area contributed by atoms with Crippen molar-refractivity contribution in [3.05, 3.63) is 35.2 Å². The number of nitrogens with zero attached hydrogens (tertiary/aromatic N) is 1. The number of rotatable bonds is 7. The molecule has 30 heavy (non-hydrogen) atoms. The van der Waals surface area contributed by atoms with Gasteiger partial charge in [0.05, 0.1) is 32.5 Å². The van der Waals surface area contributed by atoms with E-state index in [-0.39, 0.29) is 31.3 Å². The lowest BCUT2D eigenvalue weighted by atomic mass is 10.0. The second kappa shape index (κ2) is 10.1. The second-order valence-corrected chi connectivity index (χ2v) is 8.18. The van der Waals surface area contributed by atoms with Crippen molar-refractivity contribution >= 4 is 28.2 Å². The Morgan fingerprint density at radius 3 is 2.47 bits per heavy atom. The van der Waals surface area contributed by atoms with E-state index in [1.807, 2.05) is 43.5 Å². The first kappa shape index (κ1) is 22.3. The number of hydrogen-bond acceptors (Lipinski definition) is 7. The highest BCUT2D eigenvalue weighted by Gasteiger charge is 2.26. The van der Waals surface area contributed by atoms with Crippen molar-refractivity contribution in [3.63, 3.8) is 0 Å². The number of nitrogens with one attached hydrogen (secondary N) is 1. The Morgan fingerprint density at radius 2 is 1.87 bits per heavy atom. The molecule has 0 aliphatic carbocycles. The third-order valence-corrected chi connectivity index (χ3v) is 5.68. The highest BCUT2D eigenvalue weighted by atomic mass is 32.1. The maximum Gasteiger partial charge on any atom is 0.341 e. The standard InChI is InChI=1S/C22H28N2O5S/c1-5-28-22(26)20-18(16-6-8-17(27-4)9-7-16)13-30-21(20)23-19(25)12-24-10-14(2)29-15(3)11-24/h6-9,13-15H,5,10-12H2,1-4H3,(H,23,25)/t14-,15+. The van der Waals surface area contributed by atoms with Crippen molar-refractivity contribution in [1.29, 1.82) is 0 Å². The van der Waals surface area contributed by atoms with E-state index < -0.39 is 5.97 Å². The molecule has 1 aliphatic heterocycles. The van der Waals surface area contributed by atoms with Gasteiger partial charge in [-0.15, -0.1) is 11.3 Å². The largest absolute Gasteiger partial charge is 0.497 e. The number of esters is 1. The van der Waals surface area contributed by atoms with Crippen LogP contribution in [0.15, 0.2) is 29.6 Å². The molecule has 1 N–H and O–H groups in total. The number of hydrogen-bond donors (Lipinski definition) is 1. The van der Waals surface area contributed by atoms with Crippen molar-refractivity contribution in [2.75, 3.05) is 38.7 Å². The SMILES string of the molecule is CCOC(=O)c1c(-c2ccc(OC)cc2)csc1NC(=O)CN1C[C@@H](C)O[C@@H](C)C1. The Labute approximate surface area is 180 Å². The number of amides is 1. The molecule has 2 atom stereocenters. The third kappa shape index (κ3) is 5.38. The van der Waals surface area contributed by atoms with Gasteiger partial charge in [-0.1, -0.05) is 12.1 Å². The summed E-state index contributed by atoms with van der Waals surface area (Å²) in [7, 11) is 1.60. The average Bonchev–Trinajstić information content (AvgIpc) is 3.10. The summed E-state index contributed by atoms with van der Waals surface area (Å²) < 4.78 is 16.2. The average molecular weight is 433 g/mol. The van der Waals surface area contributed by atoms with Crippen molar-refractivity contribution < 1.29 is 23.8 Å². The predicted molar refractivity (Wildman–Crippen MR) is 117 cm³/mol. The molecule has 0 unspecified atom stereocenters. The summed E-state index contributed by atoms with van der Waals surface area (Å²) in [6.07, 6.45) is 0.167. The number of ether oxygens (including phenoxy) is 3. The van der Waals surface area contributed by atoms with E-state index in [9.17, 15) is 9.59 Å². The molecule has 162 valence electrons. The van der Waals surface area contributed by atoms with Crippen LogP contribution < -0.4 is 10.1 Å². The molecule has 0 radical (unpaired) electrons. The van der Waals surface area contributed by atoms with Crippen LogP contribution in [0.5, 0.6) is 5.75 Å². The van der Waals surface area contributed by atoms with Crippen LogP contribution >= 0.6 is 11.3 Å². The molecule has 2 aromatic rings. The van der Waals surface area contributed by atoms with Crippen LogP contribution in [0.1, 0.15) is 31.1 Å².